The molecule has 0 amide bonds. The number of carboxylic acid groups (broad SMARTS) is 1. The molecule has 0 bridgehead atoms. The third-order valence-corrected chi connectivity index (χ3v) is 2.86. The molecule has 0 saturated carbocycles. The lowest BCUT2D eigenvalue weighted by atomic mass is 9.90. The topological polar surface area (TPSA) is 55.1 Å². The summed E-state index contributed by atoms with van der Waals surface area (Å²) in [6, 6.07) is 1.88. The maximum Gasteiger partial charge on any atom is 0.331 e. The van der Waals surface area contributed by atoms with Crippen LogP contribution < -0.4 is 0 Å². The van der Waals surface area contributed by atoms with E-state index in [4.69, 9.17) is 5.11 Å². The molecule has 0 fully saturated rings. The molecule has 0 atom stereocenters. The van der Waals surface area contributed by atoms with E-state index in [1.54, 1.807) is 10.9 Å². The van der Waals surface area contributed by atoms with Gasteiger partial charge in [0, 0.05) is 18.8 Å². The Kier molecular flexibility index (Phi) is 2.58. The molecule has 0 saturated heterocycles. The standard InChI is InChI=1S/C11H14N2O2/c1-13-10(6-7-12-13)8-4-2-3-5-9(8)11(14)15/h6-7H,2-5H2,1H3,(H,14,15). The fourth-order valence-electron chi connectivity index (χ4n) is 2.09. The summed E-state index contributed by atoms with van der Waals surface area (Å²) in [5, 5.41) is 13.2. The van der Waals surface area contributed by atoms with E-state index in [9.17, 15) is 4.79 Å². The molecule has 0 radical (unpaired) electrons. The number of carboxylic acids is 1. The van der Waals surface area contributed by atoms with Crippen LogP contribution in [0.15, 0.2) is 17.8 Å². The lowest BCUT2D eigenvalue weighted by Crippen LogP contribution is -2.10. The second-order valence-corrected chi connectivity index (χ2v) is 3.81. The van der Waals surface area contributed by atoms with Crippen molar-refractivity contribution in [2.24, 2.45) is 7.05 Å². The summed E-state index contributed by atoms with van der Waals surface area (Å²) in [7, 11) is 1.84. The quantitative estimate of drug-likeness (QED) is 0.803. The molecule has 1 aliphatic rings. The van der Waals surface area contributed by atoms with Gasteiger partial charge in [-0.1, -0.05) is 0 Å². The van der Waals surface area contributed by atoms with E-state index in [-0.39, 0.29) is 0 Å². The zero-order valence-corrected chi connectivity index (χ0v) is 8.73. The number of allylic oxidation sites excluding steroid dienone is 1. The molecule has 0 unspecified atom stereocenters. The van der Waals surface area contributed by atoms with Crippen molar-refractivity contribution in [2.75, 3.05) is 0 Å². The molecule has 2 rings (SSSR count). The molecule has 1 aliphatic carbocycles. The van der Waals surface area contributed by atoms with Gasteiger partial charge in [-0.05, 0) is 37.3 Å². The van der Waals surface area contributed by atoms with E-state index >= 15 is 0 Å². The van der Waals surface area contributed by atoms with Crippen molar-refractivity contribution in [3.63, 3.8) is 0 Å². The van der Waals surface area contributed by atoms with Crippen LogP contribution >= 0.6 is 0 Å². The minimum Gasteiger partial charge on any atom is -0.478 e. The van der Waals surface area contributed by atoms with Gasteiger partial charge in [0.25, 0.3) is 0 Å². The SMILES string of the molecule is Cn1nccc1C1=C(C(=O)O)CCCC1. The van der Waals surface area contributed by atoms with E-state index in [1.807, 2.05) is 13.1 Å². The Bertz CT molecular complexity index is 418. The van der Waals surface area contributed by atoms with Crippen LogP contribution in [0.3, 0.4) is 0 Å². The molecular weight excluding hydrogens is 192 g/mol. The number of hydrogen-bond donors (Lipinski definition) is 1. The fraction of sp³-hybridized carbons (Fsp3) is 0.455. The number of aryl methyl sites for hydroxylation is 1. The lowest BCUT2D eigenvalue weighted by Gasteiger charge is -2.17. The fourth-order valence-corrected chi connectivity index (χ4v) is 2.09. The predicted molar refractivity (Wildman–Crippen MR) is 56.2 cm³/mol. The van der Waals surface area contributed by atoms with Gasteiger partial charge in [0.2, 0.25) is 0 Å². The maximum absolute atomic E-state index is 11.1. The van der Waals surface area contributed by atoms with Gasteiger partial charge in [-0.25, -0.2) is 4.79 Å². The third kappa shape index (κ3) is 1.79. The first kappa shape index (κ1) is 9.96. The van der Waals surface area contributed by atoms with Gasteiger partial charge in [0.15, 0.2) is 0 Å². The van der Waals surface area contributed by atoms with E-state index < -0.39 is 5.97 Å². The average molecular weight is 206 g/mol. The van der Waals surface area contributed by atoms with Crippen LogP contribution in [0.5, 0.6) is 0 Å². The van der Waals surface area contributed by atoms with Gasteiger partial charge in [-0.2, -0.15) is 5.10 Å². The van der Waals surface area contributed by atoms with Crippen molar-refractivity contribution in [1.29, 1.82) is 0 Å². The average Bonchev–Trinajstić information content (AvgIpc) is 2.64. The van der Waals surface area contributed by atoms with Crippen molar-refractivity contribution in [3.8, 4) is 0 Å². The van der Waals surface area contributed by atoms with Crippen LogP contribution in [0.4, 0.5) is 0 Å². The molecule has 0 aromatic carbocycles. The van der Waals surface area contributed by atoms with Crippen LogP contribution in [0, 0.1) is 0 Å². The van der Waals surface area contributed by atoms with Gasteiger partial charge >= 0.3 is 5.97 Å². The van der Waals surface area contributed by atoms with Gasteiger partial charge in [0.1, 0.15) is 0 Å². The minimum atomic E-state index is -0.786. The Hall–Kier alpha value is -1.58. The lowest BCUT2D eigenvalue weighted by molar-refractivity contribution is -0.132. The van der Waals surface area contributed by atoms with Crippen molar-refractivity contribution in [3.05, 3.63) is 23.5 Å². The molecule has 0 spiro atoms. The predicted octanol–water partition coefficient (Wildman–Crippen LogP) is 1.83. The van der Waals surface area contributed by atoms with E-state index in [0.29, 0.717) is 12.0 Å². The number of hydrogen-bond acceptors (Lipinski definition) is 2. The first-order valence-electron chi connectivity index (χ1n) is 5.14. The molecule has 80 valence electrons. The number of nitrogens with zero attached hydrogens (tertiary/aromatic N) is 2. The minimum absolute atomic E-state index is 0.560. The zero-order chi connectivity index (χ0) is 10.8. The van der Waals surface area contributed by atoms with E-state index in [2.05, 4.69) is 5.10 Å². The highest BCUT2D eigenvalue weighted by Gasteiger charge is 2.21. The molecule has 1 N–H and O–H groups in total. The first-order valence-corrected chi connectivity index (χ1v) is 5.14. The Balaban J connectivity index is 2.48. The van der Waals surface area contributed by atoms with Gasteiger partial charge in [-0.3, -0.25) is 4.68 Å². The Labute approximate surface area is 88.2 Å². The largest absolute Gasteiger partial charge is 0.478 e. The molecule has 1 aromatic heterocycles. The summed E-state index contributed by atoms with van der Waals surface area (Å²) in [5.41, 5.74) is 2.45. The maximum atomic E-state index is 11.1. The van der Waals surface area contributed by atoms with Crippen LogP contribution in [-0.4, -0.2) is 20.9 Å². The molecule has 1 heterocycles. The Morgan fingerprint density at radius 3 is 2.80 bits per heavy atom. The van der Waals surface area contributed by atoms with Gasteiger partial charge in [0.05, 0.1) is 5.69 Å². The zero-order valence-electron chi connectivity index (χ0n) is 8.73. The number of aromatic nitrogens is 2. The summed E-state index contributed by atoms with van der Waals surface area (Å²) in [6.45, 7) is 0. The summed E-state index contributed by atoms with van der Waals surface area (Å²) < 4.78 is 1.74. The molecule has 0 aliphatic heterocycles. The highest BCUT2D eigenvalue weighted by molar-refractivity contribution is 5.96. The molecule has 1 aromatic rings. The molecule has 4 nitrogen and oxygen atoms in total. The monoisotopic (exact) mass is 206 g/mol. The van der Waals surface area contributed by atoms with Crippen molar-refractivity contribution in [1.82, 2.24) is 9.78 Å². The van der Waals surface area contributed by atoms with E-state index in [0.717, 1.165) is 30.5 Å². The molecule has 15 heavy (non-hydrogen) atoms. The van der Waals surface area contributed by atoms with Gasteiger partial charge < -0.3 is 5.11 Å². The number of rotatable bonds is 2. The normalized spacial score (nSPS) is 16.9. The summed E-state index contributed by atoms with van der Waals surface area (Å²) >= 11 is 0. The van der Waals surface area contributed by atoms with Crippen LogP contribution in [0.2, 0.25) is 0 Å². The van der Waals surface area contributed by atoms with Crippen molar-refractivity contribution >= 4 is 11.5 Å². The highest BCUT2D eigenvalue weighted by atomic mass is 16.4. The Morgan fingerprint density at radius 1 is 1.47 bits per heavy atom. The van der Waals surface area contributed by atoms with Crippen molar-refractivity contribution < 1.29 is 9.90 Å². The highest BCUT2D eigenvalue weighted by Crippen LogP contribution is 2.31. The van der Waals surface area contributed by atoms with E-state index in [1.165, 1.54) is 0 Å². The first-order chi connectivity index (χ1) is 7.20. The second-order valence-electron chi connectivity index (χ2n) is 3.81. The van der Waals surface area contributed by atoms with Crippen LogP contribution in [-0.2, 0) is 11.8 Å². The molecule has 4 heteroatoms. The van der Waals surface area contributed by atoms with Crippen molar-refractivity contribution in [2.45, 2.75) is 25.7 Å². The third-order valence-electron chi connectivity index (χ3n) is 2.86. The van der Waals surface area contributed by atoms with Crippen LogP contribution in [0.25, 0.3) is 5.57 Å². The summed E-state index contributed by atoms with van der Waals surface area (Å²) in [6.07, 6.45) is 5.27. The number of carbonyl (C=O) groups is 1. The van der Waals surface area contributed by atoms with Gasteiger partial charge in [-0.15, -0.1) is 0 Å². The Morgan fingerprint density at radius 2 is 2.20 bits per heavy atom. The van der Waals surface area contributed by atoms with Crippen LogP contribution in [0.1, 0.15) is 31.4 Å². The summed E-state index contributed by atoms with van der Waals surface area (Å²) in [5.74, 6) is -0.786. The number of aliphatic carboxylic acids is 1. The smallest absolute Gasteiger partial charge is 0.331 e. The second kappa shape index (κ2) is 3.88. The summed E-state index contributed by atoms with van der Waals surface area (Å²) in [4.78, 5) is 11.1. The molecular formula is C11H14N2O2.